The largest absolute Gasteiger partial charge is 0.870 e. The summed E-state index contributed by atoms with van der Waals surface area (Å²) in [6.45, 7) is 0. The van der Waals surface area contributed by atoms with Crippen LogP contribution in [0.3, 0.4) is 0 Å². The maximum Gasteiger partial charge on any atom is -0.870 e. The Morgan fingerprint density at radius 2 is 1.00 bits per heavy atom. The fraction of sp³-hybridized carbons (Fsp3) is 0. The van der Waals surface area contributed by atoms with Gasteiger partial charge in [-0.25, -0.2) is 0 Å². The molecule has 0 heterocycles. The van der Waals surface area contributed by atoms with Crippen LogP contribution in [-0.4, -0.2) is 73.2 Å². The molecule has 0 aliphatic carbocycles. The summed E-state index contributed by atoms with van der Waals surface area (Å²) >= 11 is 0. The van der Waals surface area contributed by atoms with E-state index in [0.717, 1.165) is 0 Å². The molecule has 0 aliphatic heterocycles. The van der Waals surface area contributed by atoms with Crippen LogP contribution in [0.5, 0.6) is 0 Å². The standard InChI is InChI=1S/Ba.Co.Li.H2O.2H/h;;;1H2;;/q+1;;;;;/p-1. The minimum atomic E-state index is 0. The number of hydrogen-bond acceptors (Lipinski definition) is 1. The van der Waals surface area contributed by atoms with Crippen LogP contribution < -0.4 is 0 Å². The third kappa shape index (κ3) is 8.82. The van der Waals surface area contributed by atoms with Crippen molar-refractivity contribution in [2.24, 2.45) is 0 Å². The van der Waals surface area contributed by atoms with Crippen LogP contribution in [0.2, 0.25) is 0 Å². The van der Waals surface area contributed by atoms with Gasteiger partial charge in [-0.15, -0.1) is 0 Å². The summed E-state index contributed by atoms with van der Waals surface area (Å²) in [6, 6.07) is 0. The second kappa shape index (κ2) is 17.4. The Morgan fingerprint density at radius 3 is 1.00 bits per heavy atom. The molecule has 0 amide bonds. The Balaban J connectivity index is 0. The summed E-state index contributed by atoms with van der Waals surface area (Å²) in [5.41, 5.74) is 0. The van der Waals surface area contributed by atoms with E-state index in [1.807, 2.05) is 0 Å². The SMILES string of the molecule is [BaH+].[Co].[LiH].[OH-]. The summed E-state index contributed by atoms with van der Waals surface area (Å²) in [6.07, 6.45) is 0. The van der Waals surface area contributed by atoms with Crippen LogP contribution in [0.25, 0.3) is 0 Å². The van der Waals surface area contributed by atoms with Crippen molar-refractivity contribution in [2.45, 2.75) is 0 Å². The smallest absolute Gasteiger partial charge is 0.870 e. The van der Waals surface area contributed by atoms with Crippen LogP contribution in [0.1, 0.15) is 0 Å². The fourth-order valence-electron chi connectivity index (χ4n) is 0. The molecule has 0 unspecified atom stereocenters. The van der Waals surface area contributed by atoms with Crippen molar-refractivity contribution in [3.05, 3.63) is 0 Å². The molecule has 0 atom stereocenters. The molecule has 0 bridgehead atoms. The first-order chi connectivity index (χ1) is 0. The normalized spacial score (nSPS) is 0. The van der Waals surface area contributed by atoms with E-state index in [1.54, 1.807) is 0 Å². The summed E-state index contributed by atoms with van der Waals surface area (Å²) in [5, 5.41) is 0. The molecular weight excluding hydrogens is 219 g/mol. The van der Waals surface area contributed by atoms with Crippen molar-refractivity contribution in [2.75, 3.05) is 0 Å². The monoisotopic (exact) mass is 223 g/mol. The van der Waals surface area contributed by atoms with Crippen molar-refractivity contribution in [1.82, 2.24) is 0 Å². The molecule has 0 aromatic heterocycles. The van der Waals surface area contributed by atoms with Gasteiger partial charge in [-0.3, -0.25) is 0 Å². The topological polar surface area (TPSA) is 30.0 Å². The molecule has 1 N–H and O–H groups in total. The zero-order chi connectivity index (χ0) is 0. The molecule has 0 aromatic carbocycles. The quantitative estimate of drug-likeness (QED) is 0.460. The average Bonchev–Trinajstić information content (AvgIpc) is 0. The van der Waals surface area contributed by atoms with Gasteiger partial charge in [0.25, 0.3) is 0 Å². The molecule has 1 radical (unpaired) electrons. The summed E-state index contributed by atoms with van der Waals surface area (Å²) < 4.78 is 0. The molecule has 4 heavy (non-hydrogen) atoms. The molecule has 21 valence electrons. The van der Waals surface area contributed by atoms with Gasteiger partial charge in [0, 0.05) is 16.8 Å². The molecule has 1 nitrogen and oxygen atoms in total. The zero-order valence-corrected chi connectivity index (χ0v) is 9.10. The molecule has 0 saturated carbocycles. The maximum atomic E-state index is 0. The van der Waals surface area contributed by atoms with Crippen LogP contribution in [0.4, 0.5) is 0 Å². The summed E-state index contributed by atoms with van der Waals surface area (Å²) in [5.74, 6) is 0. The fourth-order valence-corrected chi connectivity index (χ4v) is 0. The Kier molecular flexibility index (Phi) is 132. The van der Waals surface area contributed by atoms with Gasteiger partial charge in [-0.1, -0.05) is 0 Å². The first-order valence-corrected chi connectivity index (χ1v) is 0. The van der Waals surface area contributed by atoms with Gasteiger partial charge < -0.3 is 5.48 Å². The van der Waals surface area contributed by atoms with Crippen LogP contribution in [0, 0.1) is 0 Å². The van der Waals surface area contributed by atoms with Gasteiger partial charge >= 0.3 is 67.7 Å². The van der Waals surface area contributed by atoms with Gasteiger partial charge in [0.15, 0.2) is 0 Å². The number of hydrogen-bond donors (Lipinski definition) is 0. The second-order valence-electron chi connectivity index (χ2n) is 0. The Hall–Kier alpha value is 2.64. The van der Waals surface area contributed by atoms with E-state index in [9.17, 15) is 0 Å². The molecule has 0 saturated heterocycles. The van der Waals surface area contributed by atoms with E-state index < -0.39 is 0 Å². The van der Waals surface area contributed by atoms with Gasteiger partial charge in [-0.05, 0) is 0 Å². The van der Waals surface area contributed by atoms with Gasteiger partial charge in [-0.2, -0.15) is 0 Å². The van der Waals surface area contributed by atoms with E-state index in [2.05, 4.69) is 0 Å². The first kappa shape index (κ1) is 30.3. The average molecular weight is 222 g/mol. The van der Waals surface area contributed by atoms with E-state index >= 15 is 0 Å². The Morgan fingerprint density at radius 1 is 1.00 bits per heavy atom. The Labute approximate surface area is 88.0 Å². The Bertz CT molecular complexity index is 8.00. The van der Waals surface area contributed by atoms with E-state index in [1.165, 1.54) is 0 Å². The molecule has 4 heteroatoms. The van der Waals surface area contributed by atoms with E-state index in [4.69, 9.17) is 0 Å². The van der Waals surface area contributed by atoms with Crippen LogP contribution in [-0.2, 0) is 16.8 Å². The van der Waals surface area contributed by atoms with Crippen molar-refractivity contribution in [3.8, 4) is 0 Å². The zero-order valence-electron chi connectivity index (χ0n) is 1.78. The van der Waals surface area contributed by atoms with Crippen molar-refractivity contribution < 1.29 is 22.3 Å². The minimum absolute atomic E-state index is 0. The number of rotatable bonds is 0. The van der Waals surface area contributed by atoms with Gasteiger partial charge in [0.2, 0.25) is 0 Å². The molecule has 0 fully saturated rings. The van der Waals surface area contributed by atoms with Gasteiger partial charge in [0.05, 0.1) is 0 Å². The predicted molar refractivity (Wildman–Crippen MR) is 16.2 cm³/mol. The van der Waals surface area contributed by atoms with Gasteiger partial charge in [0.1, 0.15) is 0 Å². The van der Waals surface area contributed by atoms with Crippen molar-refractivity contribution in [3.63, 3.8) is 0 Å². The molecule has 0 aliphatic rings. The van der Waals surface area contributed by atoms with Crippen molar-refractivity contribution in [1.29, 1.82) is 0 Å². The predicted octanol–water partition coefficient (Wildman–Crippen LogP) is -1.48. The van der Waals surface area contributed by atoms with Crippen LogP contribution >= 0.6 is 0 Å². The molecular formula is H3BaCoLiO. The first-order valence-electron chi connectivity index (χ1n) is 0. The minimum Gasteiger partial charge on any atom is -0.870 e. The summed E-state index contributed by atoms with van der Waals surface area (Å²) in [7, 11) is 0. The second-order valence-corrected chi connectivity index (χ2v) is 0. The van der Waals surface area contributed by atoms with Crippen LogP contribution in [0.15, 0.2) is 0 Å². The van der Waals surface area contributed by atoms with E-state index in [-0.39, 0.29) is 90.0 Å². The third-order valence-corrected chi connectivity index (χ3v) is 0. The van der Waals surface area contributed by atoms with Crippen molar-refractivity contribution >= 4 is 67.7 Å². The molecule has 0 rings (SSSR count). The molecule has 0 aromatic rings. The summed E-state index contributed by atoms with van der Waals surface area (Å²) in [4.78, 5) is 0. The van der Waals surface area contributed by atoms with E-state index in [0.29, 0.717) is 0 Å². The maximum absolute atomic E-state index is 0. The molecule has 0 spiro atoms. The third-order valence-electron chi connectivity index (χ3n) is 0.